The molecule has 0 radical (unpaired) electrons. The first-order valence-electron chi connectivity index (χ1n) is 6.84. The van der Waals surface area contributed by atoms with Crippen molar-refractivity contribution >= 4 is 0 Å². The van der Waals surface area contributed by atoms with Gasteiger partial charge < -0.3 is 10.2 Å². The second-order valence-corrected chi connectivity index (χ2v) is 5.35. The Kier molecular flexibility index (Phi) is 4.45. The number of nitrogens with zero attached hydrogens (tertiary/aromatic N) is 1. The molecule has 1 saturated heterocycles. The van der Waals surface area contributed by atoms with Gasteiger partial charge in [0.05, 0.1) is 0 Å². The van der Waals surface area contributed by atoms with Crippen LogP contribution in [0.5, 0.6) is 0 Å². The Bertz CT molecular complexity index is 175. The molecule has 2 rings (SSSR count). The Hall–Kier alpha value is -0.0800. The summed E-state index contributed by atoms with van der Waals surface area (Å²) in [6.07, 6.45) is 8.57. The summed E-state index contributed by atoms with van der Waals surface area (Å²) in [6, 6.07) is 0.784. The smallest absolute Gasteiger partial charge is 0.0207 e. The van der Waals surface area contributed by atoms with Crippen molar-refractivity contribution in [2.45, 2.75) is 51.5 Å². The Labute approximate surface area is 94.4 Å². The predicted molar refractivity (Wildman–Crippen MR) is 65.1 cm³/mol. The molecule has 0 aromatic carbocycles. The number of nitrogens with one attached hydrogen (secondary N) is 1. The fraction of sp³-hybridized carbons (Fsp3) is 1.00. The Morgan fingerprint density at radius 1 is 1.20 bits per heavy atom. The highest BCUT2D eigenvalue weighted by atomic mass is 15.2. The summed E-state index contributed by atoms with van der Waals surface area (Å²) in [7, 11) is 0. The monoisotopic (exact) mass is 210 g/mol. The van der Waals surface area contributed by atoms with Crippen molar-refractivity contribution in [3.8, 4) is 0 Å². The van der Waals surface area contributed by atoms with E-state index in [-0.39, 0.29) is 0 Å². The summed E-state index contributed by atoms with van der Waals surface area (Å²) < 4.78 is 0. The standard InChI is InChI=1S/C13H26N2/c1-2-8-14-13-7-9-15(11-13)10-12-5-3-4-6-12/h12-14H,2-11H2,1H3. The van der Waals surface area contributed by atoms with Crippen LogP contribution in [0.1, 0.15) is 45.4 Å². The summed E-state index contributed by atoms with van der Waals surface area (Å²) in [5, 5.41) is 3.64. The quantitative estimate of drug-likeness (QED) is 0.749. The average Bonchev–Trinajstić information content (AvgIpc) is 2.87. The molecule has 1 N–H and O–H groups in total. The Morgan fingerprint density at radius 2 is 2.00 bits per heavy atom. The lowest BCUT2D eigenvalue weighted by Crippen LogP contribution is -2.34. The van der Waals surface area contributed by atoms with Gasteiger partial charge in [0.2, 0.25) is 0 Å². The third-order valence-electron chi connectivity index (χ3n) is 3.95. The molecule has 1 heterocycles. The summed E-state index contributed by atoms with van der Waals surface area (Å²) in [6.45, 7) is 7.46. The van der Waals surface area contributed by atoms with Crippen molar-refractivity contribution in [1.82, 2.24) is 10.2 Å². The van der Waals surface area contributed by atoms with Crippen LogP contribution in [0.25, 0.3) is 0 Å². The molecule has 15 heavy (non-hydrogen) atoms. The van der Waals surface area contributed by atoms with Crippen LogP contribution in [0.15, 0.2) is 0 Å². The molecule has 1 saturated carbocycles. The largest absolute Gasteiger partial charge is 0.313 e. The normalized spacial score (nSPS) is 29.0. The highest BCUT2D eigenvalue weighted by Crippen LogP contribution is 2.26. The third kappa shape index (κ3) is 3.46. The first-order chi connectivity index (χ1) is 7.38. The first kappa shape index (κ1) is 11.4. The van der Waals surface area contributed by atoms with Crippen molar-refractivity contribution in [1.29, 1.82) is 0 Å². The van der Waals surface area contributed by atoms with E-state index in [0.29, 0.717) is 0 Å². The van der Waals surface area contributed by atoms with Gasteiger partial charge in [0, 0.05) is 19.1 Å². The summed E-state index contributed by atoms with van der Waals surface area (Å²) in [5.41, 5.74) is 0. The van der Waals surface area contributed by atoms with Crippen LogP contribution in [0.3, 0.4) is 0 Å². The number of hydrogen-bond donors (Lipinski definition) is 1. The zero-order chi connectivity index (χ0) is 10.5. The maximum atomic E-state index is 3.64. The van der Waals surface area contributed by atoms with E-state index < -0.39 is 0 Å². The summed E-state index contributed by atoms with van der Waals surface area (Å²) in [5.74, 6) is 1.02. The average molecular weight is 210 g/mol. The van der Waals surface area contributed by atoms with Gasteiger partial charge in [0.15, 0.2) is 0 Å². The van der Waals surface area contributed by atoms with Crippen LogP contribution in [-0.4, -0.2) is 37.1 Å². The number of likely N-dealkylation sites (tertiary alicyclic amines) is 1. The molecule has 2 heteroatoms. The minimum Gasteiger partial charge on any atom is -0.313 e. The molecule has 1 atom stereocenters. The van der Waals surface area contributed by atoms with Gasteiger partial charge in [0.25, 0.3) is 0 Å². The van der Waals surface area contributed by atoms with E-state index in [1.807, 2.05) is 0 Å². The van der Waals surface area contributed by atoms with Crippen molar-refractivity contribution < 1.29 is 0 Å². The van der Waals surface area contributed by atoms with Gasteiger partial charge in [-0.25, -0.2) is 0 Å². The SMILES string of the molecule is CCCNC1CCN(CC2CCCC2)C1. The van der Waals surface area contributed by atoms with E-state index in [1.54, 1.807) is 0 Å². The zero-order valence-electron chi connectivity index (χ0n) is 10.2. The molecule has 2 aliphatic rings. The van der Waals surface area contributed by atoms with Gasteiger partial charge in [0.1, 0.15) is 0 Å². The van der Waals surface area contributed by atoms with Crippen LogP contribution < -0.4 is 5.32 Å². The van der Waals surface area contributed by atoms with E-state index in [9.17, 15) is 0 Å². The zero-order valence-corrected chi connectivity index (χ0v) is 10.2. The first-order valence-corrected chi connectivity index (χ1v) is 6.84. The molecule has 2 nitrogen and oxygen atoms in total. The minimum absolute atomic E-state index is 0.784. The van der Waals surface area contributed by atoms with Gasteiger partial charge in [-0.2, -0.15) is 0 Å². The van der Waals surface area contributed by atoms with Crippen LogP contribution in [-0.2, 0) is 0 Å². The summed E-state index contributed by atoms with van der Waals surface area (Å²) >= 11 is 0. The lowest BCUT2D eigenvalue weighted by molar-refractivity contribution is 0.273. The van der Waals surface area contributed by atoms with E-state index >= 15 is 0 Å². The van der Waals surface area contributed by atoms with Crippen LogP contribution in [0.4, 0.5) is 0 Å². The topological polar surface area (TPSA) is 15.3 Å². The maximum absolute atomic E-state index is 3.64. The second kappa shape index (κ2) is 5.86. The lowest BCUT2D eigenvalue weighted by atomic mass is 10.1. The molecule has 0 aromatic heterocycles. The van der Waals surface area contributed by atoms with Gasteiger partial charge in [-0.3, -0.25) is 0 Å². The second-order valence-electron chi connectivity index (χ2n) is 5.35. The Morgan fingerprint density at radius 3 is 2.73 bits per heavy atom. The number of hydrogen-bond acceptors (Lipinski definition) is 2. The molecule has 1 aliphatic heterocycles. The van der Waals surface area contributed by atoms with E-state index in [2.05, 4.69) is 17.1 Å². The van der Waals surface area contributed by atoms with Crippen molar-refractivity contribution in [2.75, 3.05) is 26.2 Å². The van der Waals surface area contributed by atoms with Gasteiger partial charge >= 0.3 is 0 Å². The van der Waals surface area contributed by atoms with Crippen LogP contribution in [0, 0.1) is 5.92 Å². The van der Waals surface area contributed by atoms with Crippen molar-refractivity contribution in [3.63, 3.8) is 0 Å². The highest BCUT2D eigenvalue weighted by Gasteiger charge is 2.25. The molecule has 0 bridgehead atoms. The van der Waals surface area contributed by atoms with E-state index in [0.717, 1.165) is 12.0 Å². The molecule has 1 unspecified atom stereocenters. The van der Waals surface area contributed by atoms with Crippen LogP contribution >= 0.6 is 0 Å². The molecule has 1 aliphatic carbocycles. The molecular weight excluding hydrogens is 184 g/mol. The van der Waals surface area contributed by atoms with Gasteiger partial charge in [-0.15, -0.1) is 0 Å². The van der Waals surface area contributed by atoms with Crippen molar-refractivity contribution in [3.05, 3.63) is 0 Å². The van der Waals surface area contributed by atoms with E-state index in [4.69, 9.17) is 0 Å². The summed E-state index contributed by atoms with van der Waals surface area (Å²) in [4.78, 5) is 2.68. The van der Waals surface area contributed by atoms with Crippen LogP contribution in [0.2, 0.25) is 0 Å². The molecular formula is C13H26N2. The molecule has 88 valence electrons. The number of rotatable bonds is 5. The molecule has 0 spiro atoms. The molecule has 2 fully saturated rings. The molecule has 0 amide bonds. The Balaban J connectivity index is 1.63. The van der Waals surface area contributed by atoms with Crippen molar-refractivity contribution in [2.24, 2.45) is 5.92 Å². The van der Waals surface area contributed by atoms with Gasteiger partial charge in [-0.05, 0) is 44.7 Å². The third-order valence-corrected chi connectivity index (χ3v) is 3.95. The fourth-order valence-corrected chi connectivity index (χ4v) is 3.07. The predicted octanol–water partition coefficient (Wildman–Crippen LogP) is 2.25. The van der Waals surface area contributed by atoms with Gasteiger partial charge in [-0.1, -0.05) is 19.8 Å². The maximum Gasteiger partial charge on any atom is 0.0207 e. The van der Waals surface area contributed by atoms with E-state index in [1.165, 1.54) is 64.7 Å². The highest BCUT2D eigenvalue weighted by molar-refractivity contribution is 4.83. The molecule has 0 aromatic rings. The minimum atomic E-state index is 0.784. The lowest BCUT2D eigenvalue weighted by Gasteiger charge is -2.20. The fourth-order valence-electron chi connectivity index (χ4n) is 3.07.